The van der Waals surface area contributed by atoms with Crippen LogP contribution in [0, 0.1) is 0 Å². The Morgan fingerprint density at radius 3 is 2.22 bits per heavy atom. The molecule has 23 heavy (non-hydrogen) atoms. The van der Waals surface area contributed by atoms with Crippen LogP contribution in [-0.4, -0.2) is 23.2 Å². The van der Waals surface area contributed by atoms with Crippen LogP contribution in [-0.2, 0) is 11.3 Å². The number of halogens is 3. The predicted octanol–water partition coefficient (Wildman–Crippen LogP) is 3.23. The van der Waals surface area contributed by atoms with Crippen molar-refractivity contribution in [1.29, 1.82) is 0 Å². The van der Waals surface area contributed by atoms with Gasteiger partial charge in [0.05, 0.1) is 5.56 Å². The third-order valence-corrected chi connectivity index (χ3v) is 3.08. The second kappa shape index (κ2) is 6.51. The Hall–Kier alpha value is -2.83. The maximum atomic E-state index is 12.1. The van der Waals surface area contributed by atoms with Crippen molar-refractivity contribution in [2.75, 3.05) is 0 Å². The third-order valence-electron chi connectivity index (χ3n) is 3.08. The highest BCUT2D eigenvalue weighted by Crippen LogP contribution is 2.22. The van der Waals surface area contributed by atoms with Gasteiger partial charge in [-0.1, -0.05) is 30.3 Å². The number of alkyl halides is 3. The van der Waals surface area contributed by atoms with Crippen molar-refractivity contribution in [3.8, 4) is 11.1 Å². The van der Waals surface area contributed by atoms with Gasteiger partial charge in [-0.15, -0.1) is 0 Å². The summed E-state index contributed by atoms with van der Waals surface area (Å²) in [5.41, 5.74) is 1.85. The molecule has 0 bridgehead atoms. The first-order valence-electron chi connectivity index (χ1n) is 6.55. The summed E-state index contributed by atoms with van der Waals surface area (Å²) in [5.74, 6) is -3.07. The van der Waals surface area contributed by atoms with Gasteiger partial charge >= 0.3 is 18.1 Å². The maximum absolute atomic E-state index is 12.1. The van der Waals surface area contributed by atoms with Crippen LogP contribution in [0.15, 0.2) is 48.5 Å². The Bertz CT molecular complexity index is 741. The number of carbonyl (C=O) groups excluding carboxylic acids is 1. The number of carbonyl (C=O) groups is 2. The molecule has 120 valence electrons. The molecule has 0 aliphatic rings. The summed E-state index contributed by atoms with van der Waals surface area (Å²) < 4.78 is 36.4. The van der Waals surface area contributed by atoms with Gasteiger partial charge in [0.2, 0.25) is 0 Å². The molecule has 2 aromatic rings. The molecule has 7 heteroatoms. The standard InChI is InChI=1S/C16H12F3NO3/c17-16(18,19)15(23)20-9-10-3-1-4-11(7-10)12-5-2-6-13(8-12)14(21)22/h1-8H,9H2,(H,20,23)(H,21,22). The number of hydrogen-bond acceptors (Lipinski definition) is 2. The van der Waals surface area contributed by atoms with Crippen LogP contribution in [0.5, 0.6) is 0 Å². The van der Waals surface area contributed by atoms with E-state index in [1.807, 2.05) is 0 Å². The summed E-state index contributed by atoms with van der Waals surface area (Å²) in [5, 5.41) is 10.8. The Labute approximate surface area is 129 Å². The first kappa shape index (κ1) is 16.5. The van der Waals surface area contributed by atoms with Crippen LogP contribution in [0.2, 0.25) is 0 Å². The molecule has 1 amide bonds. The van der Waals surface area contributed by atoms with E-state index < -0.39 is 18.1 Å². The van der Waals surface area contributed by atoms with E-state index in [9.17, 15) is 22.8 Å². The average molecular weight is 323 g/mol. The lowest BCUT2D eigenvalue weighted by Gasteiger charge is -2.09. The Balaban J connectivity index is 2.19. The zero-order valence-corrected chi connectivity index (χ0v) is 11.7. The van der Waals surface area contributed by atoms with Crippen molar-refractivity contribution in [2.24, 2.45) is 0 Å². The van der Waals surface area contributed by atoms with Crippen LogP contribution in [0.3, 0.4) is 0 Å². The van der Waals surface area contributed by atoms with Crippen molar-refractivity contribution in [3.05, 3.63) is 59.7 Å². The fraction of sp³-hybridized carbons (Fsp3) is 0.125. The molecule has 2 aromatic carbocycles. The van der Waals surface area contributed by atoms with Crippen molar-refractivity contribution in [1.82, 2.24) is 5.32 Å². The topological polar surface area (TPSA) is 66.4 Å². The molecule has 0 saturated heterocycles. The van der Waals surface area contributed by atoms with E-state index in [1.54, 1.807) is 41.7 Å². The van der Waals surface area contributed by atoms with E-state index in [1.165, 1.54) is 12.1 Å². The van der Waals surface area contributed by atoms with Crippen LogP contribution < -0.4 is 5.32 Å². The SMILES string of the molecule is O=C(O)c1cccc(-c2cccc(CNC(=O)C(F)(F)F)c2)c1. The van der Waals surface area contributed by atoms with Gasteiger partial charge in [0.25, 0.3) is 0 Å². The molecule has 2 N–H and O–H groups in total. The summed E-state index contributed by atoms with van der Waals surface area (Å²) in [6.45, 7) is -0.273. The molecule has 0 radical (unpaired) electrons. The van der Waals surface area contributed by atoms with Gasteiger partial charge in [0, 0.05) is 6.54 Å². The van der Waals surface area contributed by atoms with Gasteiger partial charge in [-0.25, -0.2) is 4.79 Å². The number of rotatable bonds is 4. The highest BCUT2D eigenvalue weighted by molar-refractivity contribution is 5.89. The lowest BCUT2D eigenvalue weighted by molar-refractivity contribution is -0.173. The minimum atomic E-state index is -4.92. The molecule has 4 nitrogen and oxygen atoms in total. The first-order chi connectivity index (χ1) is 10.8. The molecule has 0 saturated carbocycles. The smallest absolute Gasteiger partial charge is 0.471 e. The fourth-order valence-electron chi connectivity index (χ4n) is 1.98. The van der Waals surface area contributed by atoms with Crippen molar-refractivity contribution >= 4 is 11.9 Å². The molecular weight excluding hydrogens is 311 g/mol. The van der Waals surface area contributed by atoms with Crippen LogP contribution in [0.25, 0.3) is 11.1 Å². The number of amides is 1. The average Bonchev–Trinajstić information content (AvgIpc) is 2.52. The van der Waals surface area contributed by atoms with Gasteiger partial charge in [-0.2, -0.15) is 13.2 Å². The minimum absolute atomic E-state index is 0.110. The van der Waals surface area contributed by atoms with E-state index in [4.69, 9.17) is 5.11 Å². The van der Waals surface area contributed by atoms with E-state index >= 15 is 0 Å². The van der Waals surface area contributed by atoms with Gasteiger partial charge < -0.3 is 10.4 Å². The molecular formula is C16H12F3NO3. The lowest BCUT2D eigenvalue weighted by atomic mass is 10.0. The number of benzene rings is 2. The molecule has 0 unspecified atom stereocenters. The van der Waals surface area contributed by atoms with Crippen LogP contribution >= 0.6 is 0 Å². The summed E-state index contributed by atoms with van der Waals surface area (Å²) in [7, 11) is 0. The zero-order chi connectivity index (χ0) is 17.0. The summed E-state index contributed by atoms with van der Waals surface area (Å²) in [6.07, 6.45) is -4.92. The molecule has 0 aliphatic carbocycles. The van der Waals surface area contributed by atoms with E-state index in [-0.39, 0.29) is 12.1 Å². The predicted molar refractivity (Wildman–Crippen MR) is 76.7 cm³/mol. The molecule has 0 atom stereocenters. The fourth-order valence-corrected chi connectivity index (χ4v) is 1.98. The highest BCUT2D eigenvalue weighted by atomic mass is 19.4. The minimum Gasteiger partial charge on any atom is -0.478 e. The normalized spacial score (nSPS) is 11.1. The number of nitrogens with one attached hydrogen (secondary N) is 1. The molecule has 0 fully saturated rings. The number of aromatic carboxylic acids is 1. The molecule has 0 spiro atoms. The number of carboxylic acids is 1. The second-order valence-electron chi connectivity index (χ2n) is 4.77. The second-order valence-corrected chi connectivity index (χ2v) is 4.77. The van der Waals surface area contributed by atoms with E-state index in [2.05, 4.69) is 0 Å². The maximum Gasteiger partial charge on any atom is 0.471 e. The van der Waals surface area contributed by atoms with Crippen molar-refractivity contribution in [2.45, 2.75) is 12.7 Å². The van der Waals surface area contributed by atoms with Crippen molar-refractivity contribution in [3.63, 3.8) is 0 Å². The summed E-state index contributed by atoms with van der Waals surface area (Å²) in [4.78, 5) is 21.8. The zero-order valence-electron chi connectivity index (χ0n) is 11.7. The Morgan fingerprint density at radius 2 is 1.61 bits per heavy atom. The quantitative estimate of drug-likeness (QED) is 0.908. The van der Waals surface area contributed by atoms with Gasteiger partial charge in [0.1, 0.15) is 0 Å². The Kier molecular flexibility index (Phi) is 4.68. The van der Waals surface area contributed by atoms with Gasteiger partial charge in [-0.3, -0.25) is 4.79 Å². The van der Waals surface area contributed by atoms with Crippen LogP contribution in [0.4, 0.5) is 13.2 Å². The van der Waals surface area contributed by atoms with Crippen LogP contribution in [0.1, 0.15) is 15.9 Å². The largest absolute Gasteiger partial charge is 0.478 e. The van der Waals surface area contributed by atoms with E-state index in [0.29, 0.717) is 16.7 Å². The summed E-state index contributed by atoms with van der Waals surface area (Å²) >= 11 is 0. The molecule has 0 aliphatic heterocycles. The molecule has 2 rings (SSSR count). The third kappa shape index (κ3) is 4.32. The van der Waals surface area contributed by atoms with Gasteiger partial charge in [-0.05, 0) is 34.9 Å². The molecule has 0 heterocycles. The molecule has 0 aromatic heterocycles. The van der Waals surface area contributed by atoms with Gasteiger partial charge in [0.15, 0.2) is 0 Å². The summed E-state index contributed by atoms with van der Waals surface area (Å²) in [6, 6.07) is 12.7. The lowest BCUT2D eigenvalue weighted by Crippen LogP contribution is -2.36. The van der Waals surface area contributed by atoms with Crippen molar-refractivity contribution < 1.29 is 27.9 Å². The van der Waals surface area contributed by atoms with E-state index in [0.717, 1.165) is 0 Å². The number of carboxylic acid groups (broad SMARTS) is 1. The number of hydrogen-bond donors (Lipinski definition) is 2. The monoisotopic (exact) mass is 323 g/mol. The Morgan fingerprint density at radius 1 is 1.00 bits per heavy atom. The highest BCUT2D eigenvalue weighted by Gasteiger charge is 2.38. The first-order valence-corrected chi connectivity index (χ1v) is 6.55.